The first-order chi connectivity index (χ1) is 8.95. The number of rotatable bonds is 6. The van der Waals surface area contributed by atoms with Crippen molar-refractivity contribution in [2.24, 2.45) is 5.73 Å². The average molecular weight is 266 g/mol. The van der Waals surface area contributed by atoms with Crippen LogP contribution in [-0.2, 0) is 4.79 Å². The fourth-order valence-corrected chi connectivity index (χ4v) is 1.54. The molecule has 1 rings (SSSR count). The minimum Gasteiger partial charge on any atom is -0.481 e. The average Bonchev–Trinajstić information content (AvgIpc) is 2.37. The van der Waals surface area contributed by atoms with Crippen LogP contribution in [0.25, 0.3) is 0 Å². The Morgan fingerprint density at radius 3 is 2.84 bits per heavy atom. The van der Waals surface area contributed by atoms with E-state index in [0.29, 0.717) is 17.9 Å². The van der Waals surface area contributed by atoms with Crippen LogP contribution >= 0.6 is 0 Å². The van der Waals surface area contributed by atoms with Crippen LogP contribution < -0.4 is 15.8 Å². The lowest BCUT2D eigenvalue weighted by Gasteiger charge is -2.18. The van der Waals surface area contributed by atoms with Crippen molar-refractivity contribution in [1.82, 2.24) is 5.32 Å². The number of benzene rings is 1. The van der Waals surface area contributed by atoms with Gasteiger partial charge in [-0.3, -0.25) is 4.79 Å². The largest absolute Gasteiger partial charge is 0.481 e. The first-order valence-electron chi connectivity index (χ1n) is 6.06. The zero-order valence-corrected chi connectivity index (χ0v) is 11.2. The Kier molecular flexibility index (Phi) is 5.51. The third-order valence-electron chi connectivity index (χ3n) is 2.56. The third kappa shape index (κ3) is 4.37. The molecule has 104 valence electrons. The number of hydrogen-bond acceptors (Lipinski definition) is 3. The van der Waals surface area contributed by atoms with Gasteiger partial charge in [-0.05, 0) is 32.0 Å². The van der Waals surface area contributed by atoms with E-state index in [1.807, 2.05) is 0 Å². The molecule has 0 aliphatic carbocycles. The molecule has 1 aromatic carbocycles. The number of amides is 1. The van der Waals surface area contributed by atoms with Gasteiger partial charge in [-0.25, -0.2) is 4.39 Å². The Morgan fingerprint density at radius 1 is 1.58 bits per heavy atom. The second-order valence-corrected chi connectivity index (χ2v) is 4.26. The summed E-state index contributed by atoms with van der Waals surface area (Å²) in [5.41, 5.74) is 6.29. The van der Waals surface area contributed by atoms with Crippen molar-refractivity contribution in [2.45, 2.75) is 26.0 Å². The molecule has 4 nitrogen and oxygen atoms in total. The normalized spacial score (nSPS) is 13.5. The van der Waals surface area contributed by atoms with Crippen molar-refractivity contribution in [1.29, 1.82) is 0 Å². The molecule has 0 saturated heterocycles. The molecule has 0 spiro atoms. The van der Waals surface area contributed by atoms with Crippen LogP contribution in [0.4, 0.5) is 4.39 Å². The van der Waals surface area contributed by atoms with Gasteiger partial charge in [0.2, 0.25) is 0 Å². The van der Waals surface area contributed by atoms with Gasteiger partial charge in [0.15, 0.2) is 6.10 Å². The zero-order chi connectivity index (χ0) is 14.4. The highest BCUT2D eigenvalue weighted by Crippen LogP contribution is 2.25. The first kappa shape index (κ1) is 15.2. The predicted octanol–water partition coefficient (Wildman–Crippen LogP) is 1.91. The number of carbonyl (C=O) groups excluding carboxylic acids is 1. The molecule has 0 saturated carbocycles. The van der Waals surface area contributed by atoms with E-state index in [9.17, 15) is 9.18 Å². The molecule has 0 aliphatic heterocycles. The zero-order valence-electron chi connectivity index (χ0n) is 11.2. The lowest BCUT2D eigenvalue weighted by atomic mass is 10.1. The van der Waals surface area contributed by atoms with Crippen LogP contribution in [-0.4, -0.2) is 18.6 Å². The molecule has 0 bridgehead atoms. The van der Waals surface area contributed by atoms with E-state index in [1.54, 1.807) is 19.9 Å². The highest BCUT2D eigenvalue weighted by molar-refractivity contribution is 5.80. The molecule has 2 atom stereocenters. The Morgan fingerprint density at radius 2 is 2.26 bits per heavy atom. The maximum Gasteiger partial charge on any atom is 0.261 e. The summed E-state index contributed by atoms with van der Waals surface area (Å²) >= 11 is 0. The second-order valence-electron chi connectivity index (χ2n) is 4.26. The summed E-state index contributed by atoms with van der Waals surface area (Å²) in [6.45, 7) is 7.22. The molecule has 1 aromatic rings. The fourth-order valence-electron chi connectivity index (χ4n) is 1.54. The van der Waals surface area contributed by atoms with Gasteiger partial charge in [0.05, 0.1) is 0 Å². The SMILES string of the molecule is C=CCNC(=O)C(C)Oc1ccc(F)cc1[C@H](C)N. The van der Waals surface area contributed by atoms with Crippen molar-refractivity contribution in [3.8, 4) is 5.75 Å². The van der Waals surface area contributed by atoms with Crippen molar-refractivity contribution < 1.29 is 13.9 Å². The van der Waals surface area contributed by atoms with Crippen LogP contribution in [0.3, 0.4) is 0 Å². The van der Waals surface area contributed by atoms with Crippen LogP contribution in [0.1, 0.15) is 25.5 Å². The molecule has 0 aliphatic rings. The molecular weight excluding hydrogens is 247 g/mol. The van der Waals surface area contributed by atoms with Crippen LogP contribution in [0, 0.1) is 5.82 Å². The topological polar surface area (TPSA) is 64.3 Å². The van der Waals surface area contributed by atoms with Crippen LogP contribution in [0.2, 0.25) is 0 Å². The van der Waals surface area contributed by atoms with E-state index in [-0.39, 0.29) is 17.8 Å². The van der Waals surface area contributed by atoms with Gasteiger partial charge in [0.1, 0.15) is 11.6 Å². The van der Waals surface area contributed by atoms with E-state index in [0.717, 1.165) is 0 Å². The van der Waals surface area contributed by atoms with Gasteiger partial charge in [-0.1, -0.05) is 6.08 Å². The maximum atomic E-state index is 13.2. The monoisotopic (exact) mass is 266 g/mol. The molecule has 1 amide bonds. The van der Waals surface area contributed by atoms with E-state index >= 15 is 0 Å². The summed E-state index contributed by atoms with van der Waals surface area (Å²) in [5, 5.41) is 2.63. The molecular formula is C14H19FN2O2. The van der Waals surface area contributed by atoms with E-state index in [1.165, 1.54) is 18.2 Å². The van der Waals surface area contributed by atoms with Gasteiger partial charge in [0.25, 0.3) is 5.91 Å². The van der Waals surface area contributed by atoms with Gasteiger partial charge >= 0.3 is 0 Å². The fraction of sp³-hybridized carbons (Fsp3) is 0.357. The van der Waals surface area contributed by atoms with E-state index < -0.39 is 6.10 Å². The number of nitrogens with one attached hydrogen (secondary N) is 1. The van der Waals surface area contributed by atoms with E-state index in [2.05, 4.69) is 11.9 Å². The lowest BCUT2D eigenvalue weighted by molar-refractivity contribution is -0.127. The Bertz CT molecular complexity index is 461. The van der Waals surface area contributed by atoms with Gasteiger partial charge in [0, 0.05) is 18.2 Å². The number of ether oxygens (including phenoxy) is 1. The highest BCUT2D eigenvalue weighted by Gasteiger charge is 2.17. The first-order valence-corrected chi connectivity index (χ1v) is 6.06. The van der Waals surface area contributed by atoms with Gasteiger partial charge in [-0.2, -0.15) is 0 Å². The summed E-state index contributed by atoms with van der Waals surface area (Å²) in [6.07, 6.45) is 0.888. The van der Waals surface area contributed by atoms with E-state index in [4.69, 9.17) is 10.5 Å². The Balaban J connectivity index is 2.81. The summed E-state index contributed by atoms with van der Waals surface area (Å²) in [4.78, 5) is 11.7. The van der Waals surface area contributed by atoms with Crippen molar-refractivity contribution in [2.75, 3.05) is 6.54 Å². The van der Waals surface area contributed by atoms with Crippen molar-refractivity contribution in [3.05, 3.63) is 42.2 Å². The third-order valence-corrected chi connectivity index (χ3v) is 2.56. The minimum atomic E-state index is -0.692. The molecule has 3 N–H and O–H groups in total. The molecule has 1 unspecified atom stereocenters. The Hall–Kier alpha value is -1.88. The number of nitrogens with two attached hydrogens (primary N) is 1. The molecule has 0 heterocycles. The number of carbonyl (C=O) groups is 1. The van der Waals surface area contributed by atoms with Crippen molar-refractivity contribution in [3.63, 3.8) is 0 Å². The van der Waals surface area contributed by atoms with Crippen molar-refractivity contribution >= 4 is 5.91 Å². The molecule has 19 heavy (non-hydrogen) atoms. The molecule has 0 fully saturated rings. The minimum absolute atomic E-state index is 0.264. The molecule has 0 radical (unpaired) electrons. The maximum absolute atomic E-state index is 13.2. The highest BCUT2D eigenvalue weighted by atomic mass is 19.1. The molecule has 5 heteroatoms. The second kappa shape index (κ2) is 6.89. The smallest absolute Gasteiger partial charge is 0.261 e. The van der Waals surface area contributed by atoms with Gasteiger partial charge in [-0.15, -0.1) is 6.58 Å². The lowest BCUT2D eigenvalue weighted by Crippen LogP contribution is -2.36. The number of hydrogen-bond donors (Lipinski definition) is 2. The standard InChI is InChI=1S/C14H19FN2O2/c1-4-7-17-14(18)10(3)19-13-6-5-11(15)8-12(13)9(2)16/h4-6,8-10H,1,7,16H2,2-3H3,(H,17,18)/t9-,10?/m0/s1. The number of halogens is 1. The summed E-state index contributed by atoms with van der Waals surface area (Å²) < 4.78 is 18.7. The quantitative estimate of drug-likeness (QED) is 0.773. The van der Waals surface area contributed by atoms with Gasteiger partial charge < -0.3 is 15.8 Å². The molecule has 0 aromatic heterocycles. The summed E-state index contributed by atoms with van der Waals surface area (Å²) in [6, 6.07) is 3.68. The predicted molar refractivity (Wildman–Crippen MR) is 72.3 cm³/mol. The summed E-state index contributed by atoms with van der Waals surface area (Å²) in [5.74, 6) is -0.235. The summed E-state index contributed by atoms with van der Waals surface area (Å²) in [7, 11) is 0. The van der Waals surface area contributed by atoms with Crippen LogP contribution in [0.15, 0.2) is 30.9 Å². The Labute approximate surface area is 112 Å². The van der Waals surface area contributed by atoms with Crippen LogP contribution in [0.5, 0.6) is 5.75 Å².